The van der Waals surface area contributed by atoms with E-state index in [0.717, 1.165) is 24.6 Å². The normalized spacial score (nSPS) is 17.2. The van der Waals surface area contributed by atoms with Crippen molar-refractivity contribution in [2.75, 3.05) is 23.7 Å². The van der Waals surface area contributed by atoms with Crippen molar-refractivity contribution in [1.29, 1.82) is 5.26 Å². The molecular formula is C24H25N5. The quantitative estimate of drug-likeness (QED) is 0.592. The van der Waals surface area contributed by atoms with Gasteiger partial charge in [0.15, 0.2) is 0 Å². The number of hydrogen-bond acceptors (Lipinski definition) is 5. The highest BCUT2D eigenvalue weighted by Gasteiger charge is 2.27. The lowest BCUT2D eigenvalue weighted by Crippen LogP contribution is -2.45. The van der Waals surface area contributed by atoms with E-state index in [1.807, 2.05) is 48.7 Å². The second-order valence-electron chi connectivity index (χ2n) is 7.46. The molecule has 0 bridgehead atoms. The number of benzene rings is 2. The van der Waals surface area contributed by atoms with Gasteiger partial charge in [-0.1, -0.05) is 49.4 Å². The van der Waals surface area contributed by atoms with Gasteiger partial charge in [-0.3, -0.25) is 0 Å². The second kappa shape index (κ2) is 8.76. The van der Waals surface area contributed by atoms with E-state index >= 15 is 0 Å². The van der Waals surface area contributed by atoms with Crippen molar-refractivity contribution in [1.82, 2.24) is 10.3 Å². The summed E-state index contributed by atoms with van der Waals surface area (Å²) < 4.78 is 0. The van der Waals surface area contributed by atoms with Gasteiger partial charge >= 0.3 is 0 Å². The summed E-state index contributed by atoms with van der Waals surface area (Å²) in [5, 5.41) is 19.9. The van der Waals surface area contributed by atoms with Crippen molar-refractivity contribution in [2.24, 2.45) is 0 Å². The molecule has 4 rings (SSSR count). The van der Waals surface area contributed by atoms with E-state index in [-0.39, 0.29) is 12.1 Å². The first-order valence-electron chi connectivity index (χ1n) is 9.98. The summed E-state index contributed by atoms with van der Waals surface area (Å²) in [6.07, 6.45) is 1.81. The van der Waals surface area contributed by atoms with Crippen molar-refractivity contribution in [3.05, 3.63) is 89.6 Å². The lowest BCUT2D eigenvalue weighted by atomic mass is 9.95. The van der Waals surface area contributed by atoms with Crippen LogP contribution in [0.1, 0.15) is 35.6 Å². The van der Waals surface area contributed by atoms with E-state index in [2.05, 4.69) is 58.2 Å². The number of fused-ring (bicyclic) bond motifs is 1. The van der Waals surface area contributed by atoms with Crippen molar-refractivity contribution >= 4 is 11.5 Å². The third kappa shape index (κ3) is 4.39. The summed E-state index contributed by atoms with van der Waals surface area (Å²) >= 11 is 0. The minimum absolute atomic E-state index is 0.139. The van der Waals surface area contributed by atoms with Crippen LogP contribution in [-0.2, 0) is 0 Å². The van der Waals surface area contributed by atoms with Crippen molar-refractivity contribution in [3.8, 4) is 6.07 Å². The fraction of sp³-hybridized carbons (Fsp3) is 0.250. The number of nitriles is 1. The molecule has 2 aromatic carbocycles. The van der Waals surface area contributed by atoms with Gasteiger partial charge in [-0.2, -0.15) is 5.26 Å². The topological polar surface area (TPSA) is 72.8 Å². The van der Waals surface area contributed by atoms with E-state index in [1.165, 1.54) is 11.1 Å². The average molecular weight is 383 g/mol. The van der Waals surface area contributed by atoms with Crippen LogP contribution in [0, 0.1) is 11.3 Å². The monoisotopic (exact) mass is 383 g/mol. The van der Waals surface area contributed by atoms with Gasteiger partial charge in [0.25, 0.3) is 0 Å². The van der Waals surface area contributed by atoms with Crippen LogP contribution in [0.3, 0.4) is 0 Å². The van der Waals surface area contributed by atoms with Gasteiger partial charge in [-0.15, -0.1) is 0 Å². The molecule has 0 fully saturated rings. The molecule has 2 heterocycles. The molecule has 0 aliphatic carbocycles. The average Bonchev–Trinajstić information content (AvgIpc) is 2.79. The Morgan fingerprint density at radius 2 is 1.86 bits per heavy atom. The maximum Gasteiger partial charge on any atom is 0.149 e. The summed E-state index contributed by atoms with van der Waals surface area (Å²) in [6, 6.07) is 24.9. The van der Waals surface area contributed by atoms with E-state index in [9.17, 15) is 0 Å². The summed E-state index contributed by atoms with van der Waals surface area (Å²) in [5.41, 5.74) is 4.21. The Kier molecular flexibility index (Phi) is 5.73. The lowest BCUT2D eigenvalue weighted by Gasteiger charge is -2.35. The van der Waals surface area contributed by atoms with Crippen LogP contribution in [0.2, 0.25) is 0 Å². The van der Waals surface area contributed by atoms with E-state index < -0.39 is 0 Å². The minimum Gasteiger partial charge on any atom is -0.380 e. The molecule has 1 aliphatic rings. The molecule has 146 valence electrons. The maximum absolute atomic E-state index is 9.00. The number of nitrogens with one attached hydrogen (secondary N) is 3. The van der Waals surface area contributed by atoms with Crippen LogP contribution in [0.5, 0.6) is 0 Å². The Hall–Kier alpha value is -3.36. The second-order valence-corrected chi connectivity index (χ2v) is 7.46. The molecule has 0 spiro atoms. The molecule has 0 saturated carbocycles. The molecule has 5 heteroatoms. The van der Waals surface area contributed by atoms with Crippen LogP contribution < -0.4 is 16.0 Å². The maximum atomic E-state index is 9.00. The Labute approximate surface area is 171 Å². The van der Waals surface area contributed by atoms with Gasteiger partial charge in [0.05, 0.1) is 29.4 Å². The summed E-state index contributed by atoms with van der Waals surface area (Å²) in [7, 11) is 0. The summed E-state index contributed by atoms with van der Waals surface area (Å²) in [6.45, 7) is 3.86. The molecule has 5 nitrogen and oxygen atoms in total. The van der Waals surface area contributed by atoms with Gasteiger partial charge < -0.3 is 16.0 Å². The zero-order valence-electron chi connectivity index (χ0n) is 16.5. The molecule has 29 heavy (non-hydrogen) atoms. The fourth-order valence-corrected chi connectivity index (χ4v) is 3.77. The van der Waals surface area contributed by atoms with Crippen LogP contribution in [-0.4, -0.2) is 24.1 Å². The Morgan fingerprint density at radius 1 is 1.07 bits per heavy atom. The van der Waals surface area contributed by atoms with E-state index in [1.54, 1.807) is 0 Å². The summed E-state index contributed by atoms with van der Waals surface area (Å²) in [5.74, 6) is 1.22. The lowest BCUT2D eigenvalue weighted by molar-refractivity contribution is 0.453. The molecule has 1 aromatic heterocycles. The van der Waals surface area contributed by atoms with Crippen LogP contribution in [0.4, 0.5) is 11.5 Å². The molecule has 3 atom stereocenters. The third-order valence-electron chi connectivity index (χ3n) is 5.46. The zero-order valence-corrected chi connectivity index (χ0v) is 16.5. The van der Waals surface area contributed by atoms with Crippen molar-refractivity contribution < 1.29 is 0 Å². The first-order chi connectivity index (χ1) is 14.2. The Morgan fingerprint density at radius 3 is 2.62 bits per heavy atom. The minimum atomic E-state index is 0.139. The largest absolute Gasteiger partial charge is 0.380 e. The highest BCUT2D eigenvalue weighted by molar-refractivity contribution is 5.67. The predicted molar refractivity (Wildman–Crippen MR) is 117 cm³/mol. The highest BCUT2D eigenvalue weighted by atomic mass is 15.2. The molecule has 0 saturated heterocycles. The Balaban J connectivity index is 1.50. The number of pyridine rings is 1. The number of nitrogens with zero attached hydrogens (tertiary/aromatic N) is 2. The van der Waals surface area contributed by atoms with Crippen LogP contribution in [0.15, 0.2) is 72.9 Å². The van der Waals surface area contributed by atoms with Gasteiger partial charge in [0.1, 0.15) is 5.82 Å². The Bertz CT molecular complexity index is 978. The highest BCUT2D eigenvalue weighted by Crippen LogP contribution is 2.29. The molecule has 0 amide bonds. The molecular weight excluding hydrogens is 358 g/mol. The molecule has 3 N–H and O–H groups in total. The van der Waals surface area contributed by atoms with E-state index in [4.69, 9.17) is 5.26 Å². The molecule has 1 aliphatic heterocycles. The van der Waals surface area contributed by atoms with Crippen molar-refractivity contribution in [3.63, 3.8) is 0 Å². The fourth-order valence-electron chi connectivity index (χ4n) is 3.77. The predicted octanol–water partition coefficient (Wildman–Crippen LogP) is 4.29. The van der Waals surface area contributed by atoms with Crippen LogP contribution in [0.25, 0.3) is 0 Å². The first kappa shape index (κ1) is 19.0. The number of anilines is 2. The number of hydrogen-bond donors (Lipinski definition) is 3. The summed E-state index contributed by atoms with van der Waals surface area (Å²) in [4.78, 5) is 4.48. The molecule has 0 unspecified atom stereocenters. The van der Waals surface area contributed by atoms with Crippen LogP contribution >= 0.6 is 0 Å². The van der Waals surface area contributed by atoms with Gasteiger partial charge in [0, 0.05) is 19.3 Å². The smallest absolute Gasteiger partial charge is 0.149 e. The van der Waals surface area contributed by atoms with E-state index in [0.29, 0.717) is 11.5 Å². The number of aromatic nitrogens is 1. The molecule has 0 radical (unpaired) electrons. The SMILES string of the molecule is C[C@@H](CN[C@@H](c1ccccc1)[C@@H]1CNc2cccnc2N1)c1ccc(C#N)cc1. The van der Waals surface area contributed by atoms with Gasteiger partial charge in [-0.05, 0) is 41.3 Å². The standard InChI is InChI=1S/C24H25N5/c1-17(19-11-9-18(14-25)10-12-19)15-28-23(20-6-3-2-4-7-20)22-16-27-21-8-5-13-26-24(21)29-22/h2-13,17,22-23,27-28H,15-16H2,1H3,(H,26,29)/t17-,22-,23-/m0/s1. The van der Waals surface area contributed by atoms with Gasteiger partial charge in [0.2, 0.25) is 0 Å². The first-order valence-corrected chi connectivity index (χ1v) is 9.98. The van der Waals surface area contributed by atoms with Gasteiger partial charge in [-0.25, -0.2) is 4.98 Å². The zero-order chi connectivity index (χ0) is 20.1. The van der Waals surface area contributed by atoms with Crippen molar-refractivity contribution in [2.45, 2.75) is 24.9 Å². The third-order valence-corrected chi connectivity index (χ3v) is 5.46. The molecule has 3 aromatic rings. The number of rotatable bonds is 6.